The fourth-order valence-corrected chi connectivity index (χ4v) is 3.40. The Morgan fingerprint density at radius 1 is 1.15 bits per heavy atom. The van der Waals surface area contributed by atoms with Gasteiger partial charge in [0.05, 0.1) is 13.7 Å². The molecular weight excluding hydrogens is 370 g/mol. The summed E-state index contributed by atoms with van der Waals surface area (Å²) >= 11 is 1.71. The predicted octanol–water partition coefficient (Wildman–Crippen LogP) is 0.777. The zero-order valence-electron chi connectivity index (χ0n) is 15.8. The molecule has 0 aliphatic rings. The van der Waals surface area contributed by atoms with E-state index in [-0.39, 0.29) is 12.4 Å². The van der Waals surface area contributed by atoms with Gasteiger partial charge in [-0.1, -0.05) is 23.9 Å². The lowest BCUT2D eigenvalue weighted by atomic mass is 10.2. The number of aryl methyl sites for hydroxylation is 2. The van der Waals surface area contributed by atoms with E-state index < -0.39 is 0 Å². The lowest BCUT2D eigenvalue weighted by molar-refractivity contribution is -0.00000622. The fourth-order valence-electron chi connectivity index (χ4n) is 2.51. The lowest BCUT2D eigenvalue weighted by Gasteiger charge is -2.14. The Bertz CT molecular complexity index is 666. The van der Waals surface area contributed by atoms with Crippen molar-refractivity contribution >= 4 is 11.8 Å². The maximum absolute atomic E-state index is 5.73. The van der Waals surface area contributed by atoms with Crippen LogP contribution in [-0.4, -0.2) is 36.0 Å². The maximum Gasteiger partial charge on any atom is 0.187 e. The number of ether oxygens (including phenoxy) is 2. The first-order chi connectivity index (χ1) is 12.1. The van der Waals surface area contributed by atoms with Crippen LogP contribution in [0.2, 0.25) is 0 Å². The molecule has 0 saturated carbocycles. The Hall–Kier alpha value is -1.50. The largest absolute Gasteiger partial charge is 1.00 e. The van der Waals surface area contributed by atoms with Gasteiger partial charge in [0.1, 0.15) is 0 Å². The van der Waals surface area contributed by atoms with Crippen molar-refractivity contribution in [1.82, 2.24) is 15.3 Å². The third kappa shape index (κ3) is 7.02. The van der Waals surface area contributed by atoms with Gasteiger partial charge in [0.2, 0.25) is 0 Å². The zero-order chi connectivity index (χ0) is 18.1. The Kier molecular flexibility index (Phi) is 10.4. The molecular formula is C19H27ClN3O2S-. The summed E-state index contributed by atoms with van der Waals surface area (Å²) in [5, 5.41) is 4.34. The van der Waals surface area contributed by atoms with Crippen LogP contribution < -0.4 is 27.2 Å². The number of rotatable bonds is 10. The Morgan fingerprint density at radius 2 is 1.88 bits per heavy atom. The molecule has 0 radical (unpaired) electrons. The normalized spacial score (nSPS) is 10.3. The summed E-state index contributed by atoms with van der Waals surface area (Å²) in [6, 6.07) is 7.98. The van der Waals surface area contributed by atoms with E-state index in [2.05, 4.69) is 21.4 Å². The molecule has 26 heavy (non-hydrogen) atoms. The summed E-state index contributed by atoms with van der Waals surface area (Å²) in [5.41, 5.74) is 3.16. The average molecular weight is 397 g/mol. The third-order valence-corrected chi connectivity index (χ3v) is 4.51. The minimum Gasteiger partial charge on any atom is -1.00 e. The lowest BCUT2D eigenvalue weighted by Crippen LogP contribution is -3.00. The van der Waals surface area contributed by atoms with E-state index in [9.17, 15) is 0 Å². The van der Waals surface area contributed by atoms with Crippen LogP contribution in [-0.2, 0) is 6.54 Å². The summed E-state index contributed by atoms with van der Waals surface area (Å²) in [5.74, 6) is 2.61. The number of aromatic nitrogens is 2. The highest BCUT2D eigenvalue weighted by atomic mass is 35.5. The third-order valence-electron chi connectivity index (χ3n) is 3.58. The van der Waals surface area contributed by atoms with Crippen molar-refractivity contribution < 1.29 is 21.9 Å². The molecule has 0 fully saturated rings. The van der Waals surface area contributed by atoms with Gasteiger partial charge < -0.3 is 27.2 Å². The fraction of sp³-hybridized carbons (Fsp3) is 0.474. The number of hydrogen-bond acceptors (Lipinski definition) is 6. The second kappa shape index (κ2) is 12.0. The Labute approximate surface area is 166 Å². The van der Waals surface area contributed by atoms with Gasteiger partial charge in [0, 0.05) is 29.2 Å². The van der Waals surface area contributed by atoms with Gasteiger partial charge in [0.15, 0.2) is 16.7 Å². The van der Waals surface area contributed by atoms with Crippen molar-refractivity contribution in [3.05, 3.63) is 41.2 Å². The number of benzene rings is 1. The van der Waals surface area contributed by atoms with Gasteiger partial charge in [-0.05, 0) is 45.9 Å². The van der Waals surface area contributed by atoms with Crippen LogP contribution in [0, 0.1) is 13.8 Å². The van der Waals surface area contributed by atoms with Gasteiger partial charge in [-0.25, -0.2) is 9.97 Å². The molecule has 1 aromatic carbocycles. The Morgan fingerprint density at radius 3 is 2.54 bits per heavy atom. The van der Waals surface area contributed by atoms with Crippen LogP contribution in [0.3, 0.4) is 0 Å². The van der Waals surface area contributed by atoms with Crippen LogP contribution in [0.1, 0.15) is 30.3 Å². The molecule has 0 aliphatic heterocycles. The second-order valence-electron chi connectivity index (χ2n) is 5.69. The quantitative estimate of drug-likeness (QED) is 0.364. The van der Waals surface area contributed by atoms with E-state index in [1.807, 2.05) is 39.0 Å². The zero-order valence-corrected chi connectivity index (χ0v) is 17.4. The number of nitrogens with one attached hydrogen (secondary N) is 1. The van der Waals surface area contributed by atoms with E-state index in [0.29, 0.717) is 6.61 Å². The van der Waals surface area contributed by atoms with Crippen molar-refractivity contribution in [1.29, 1.82) is 0 Å². The second-order valence-corrected chi connectivity index (χ2v) is 6.76. The topological polar surface area (TPSA) is 56.3 Å². The van der Waals surface area contributed by atoms with E-state index in [1.165, 1.54) is 0 Å². The molecule has 1 aromatic heterocycles. The molecule has 0 unspecified atom stereocenters. The number of hydrogen-bond donors (Lipinski definition) is 1. The predicted molar refractivity (Wildman–Crippen MR) is 103 cm³/mol. The van der Waals surface area contributed by atoms with E-state index >= 15 is 0 Å². The van der Waals surface area contributed by atoms with Gasteiger partial charge in [-0.3, -0.25) is 0 Å². The molecule has 7 heteroatoms. The Balaban J connectivity index is 0.00000338. The van der Waals surface area contributed by atoms with Crippen LogP contribution in [0.5, 0.6) is 11.5 Å². The summed E-state index contributed by atoms with van der Waals surface area (Å²) in [6.07, 6.45) is 1.05. The van der Waals surface area contributed by atoms with Crippen molar-refractivity contribution in [2.24, 2.45) is 0 Å². The molecule has 0 aliphatic carbocycles. The van der Waals surface area contributed by atoms with Crippen LogP contribution in [0.15, 0.2) is 29.4 Å². The van der Waals surface area contributed by atoms with Crippen LogP contribution in [0.4, 0.5) is 0 Å². The summed E-state index contributed by atoms with van der Waals surface area (Å²) < 4.78 is 11.1. The first-order valence-corrected chi connectivity index (χ1v) is 9.57. The molecule has 5 nitrogen and oxygen atoms in total. The smallest absolute Gasteiger partial charge is 0.187 e. The molecule has 0 amide bonds. The minimum absolute atomic E-state index is 0. The minimum atomic E-state index is 0. The first-order valence-electron chi connectivity index (χ1n) is 8.58. The number of nitrogens with zero attached hydrogens (tertiary/aromatic N) is 2. The standard InChI is InChI=1S/C19H27N3O2S.ClH/c1-5-24-18-16(8-6-9-17(18)23-4)13-20-10-7-11-25-19-21-14(2)12-15(3)22-19;/h6,8-9,12,20H,5,7,10-11,13H2,1-4H3;1H/p-1. The number of halogens is 1. The van der Waals surface area contributed by atoms with Crippen molar-refractivity contribution in [2.45, 2.75) is 38.9 Å². The first kappa shape index (κ1) is 22.5. The monoisotopic (exact) mass is 396 g/mol. The molecule has 0 atom stereocenters. The number of methoxy groups -OCH3 is 1. The molecule has 1 heterocycles. The van der Waals surface area contributed by atoms with Crippen LogP contribution in [0.25, 0.3) is 0 Å². The average Bonchev–Trinajstić information content (AvgIpc) is 2.58. The molecule has 2 aromatic rings. The molecule has 1 N–H and O–H groups in total. The van der Waals surface area contributed by atoms with Crippen LogP contribution >= 0.6 is 11.8 Å². The van der Waals surface area contributed by atoms with Gasteiger partial charge >= 0.3 is 0 Å². The highest BCUT2D eigenvalue weighted by Gasteiger charge is 2.09. The maximum atomic E-state index is 5.73. The van der Waals surface area contributed by atoms with Gasteiger partial charge in [0.25, 0.3) is 0 Å². The van der Waals surface area contributed by atoms with Gasteiger partial charge in [-0.2, -0.15) is 0 Å². The summed E-state index contributed by atoms with van der Waals surface area (Å²) in [7, 11) is 1.67. The van der Waals surface area contributed by atoms with Crippen molar-refractivity contribution in [2.75, 3.05) is 26.0 Å². The highest BCUT2D eigenvalue weighted by Crippen LogP contribution is 2.31. The SMILES string of the molecule is CCOc1c(CNCCCSc2nc(C)cc(C)n2)cccc1OC.[Cl-]. The van der Waals surface area contributed by atoms with E-state index in [1.54, 1.807) is 18.9 Å². The summed E-state index contributed by atoms with van der Waals surface area (Å²) in [6.45, 7) is 8.31. The molecule has 0 saturated heterocycles. The van der Waals surface area contributed by atoms with E-state index in [4.69, 9.17) is 9.47 Å². The molecule has 0 bridgehead atoms. The van der Waals surface area contributed by atoms with Gasteiger partial charge in [-0.15, -0.1) is 0 Å². The molecule has 2 rings (SSSR count). The van der Waals surface area contributed by atoms with E-state index in [0.717, 1.165) is 58.9 Å². The molecule has 144 valence electrons. The number of thioether (sulfide) groups is 1. The summed E-state index contributed by atoms with van der Waals surface area (Å²) in [4.78, 5) is 8.90. The van der Waals surface area contributed by atoms with Crippen molar-refractivity contribution in [3.63, 3.8) is 0 Å². The highest BCUT2D eigenvalue weighted by molar-refractivity contribution is 7.99. The van der Waals surface area contributed by atoms with Crippen molar-refractivity contribution in [3.8, 4) is 11.5 Å². The molecule has 0 spiro atoms. The number of para-hydroxylation sites is 1.